The summed E-state index contributed by atoms with van der Waals surface area (Å²) in [7, 11) is -3.56. The minimum atomic E-state index is -3.56. The highest BCUT2D eigenvalue weighted by Crippen LogP contribution is 2.21. The zero-order valence-corrected chi connectivity index (χ0v) is 15.1. The number of rotatable bonds is 12. The molecule has 0 aromatic heterocycles. The van der Waals surface area contributed by atoms with E-state index in [0.717, 1.165) is 38.5 Å². The molecule has 5 heteroatoms. The molecule has 4 nitrogen and oxygen atoms in total. The molecule has 122 valence electrons. The van der Waals surface area contributed by atoms with Crippen molar-refractivity contribution in [2.45, 2.75) is 98.4 Å². The molecule has 0 radical (unpaired) electrons. The zero-order chi connectivity index (χ0) is 15.6. The Labute approximate surface area is 126 Å². The van der Waals surface area contributed by atoms with Gasteiger partial charge in [-0.3, -0.25) is 0 Å². The summed E-state index contributed by atoms with van der Waals surface area (Å²) in [4.78, 5) is 10.8. The topological polar surface area (TPSA) is 47.9 Å². The Balaban J connectivity index is 4.89. The van der Waals surface area contributed by atoms with Crippen molar-refractivity contribution < 1.29 is 18.1 Å². The molecule has 0 aromatic carbocycles. The van der Waals surface area contributed by atoms with Crippen LogP contribution < -0.4 is 0 Å². The van der Waals surface area contributed by atoms with Gasteiger partial charge in [0.2, 0.25) is 0 Å². The molecular formula is C15H34O4Si. The van der Waals surface area contributed by atoms with Crippen molar-refractivity contribution in [1.29, 1.82) is 0 Å². The predicted molar refractivity (Wildman–Crippen MR) is 84.3 cm³/mol. The Morgan fingerprint density at radius 2 is 0.800 bits per heavy atom. The second kappa shape index (κ2) is 10.7. The third-order valence-electron chi connectivity index (χ3n) is 3.68. The highest BCUT2D eigenvalue weighted by atomic mass is 28.4. The van der Waals surface area contributed by atoms with Crippen molar-refractivity contribution in [2.75, 3.05) is 0 Å². The molecule has 0 aliphatic rings. The van der Waals surface area contributed by atoms with Crippen molar-refractivity contribution in [3.63, 3.8) is 0 Å². The molecule has 0 amide bonds. The molecule has 0 bridgehead atoms. The molecule has 0 unspecified atom stereocenters. The summed E-state index contributed by atoms with van der Waals surface area (Å²) in [5.74, 6) is 0. The van der Waals surface area contributed by atoms with Gasteiger partial charge in [0.1, 0.15) is 0 Å². The Bertz CT molecular complexity index is 190. The van der Waals surface area contributed by atoms with Gasteiger partial charge < -0.3 is 18.1 Å². The molecule has 0 spiro atoms. The van der Waals surface area contributed by atoms with Crippen LogP contribution in [-0.2, 0) is 13.3 Å². The first kappa shape index (κ1) is 20.1. The summed E-state index contributed by atoms with van der Waals surface area (Å²) < 4.78 is 17.6. The Kier molecular flexibility index (Phi) is 10.8. The van der Waals surface area contributed by atoms with Crippen molar-refractivity contribution in [1.82, 2.24) is 0 Å². The van der Waals surface area contributed by atoms with Gasteiger partial charge in [-0.15, -0.1) is 0 Å². The summed E-state index contributed by atoms with van der Waals surface area (Å²) in [5, 5.41) is 0. The van der Waals surface area contributed by atoms with Crippen LogP contribution in [0.3, 0.4) is 0 Å². The van der Waals surface area contributed by atoms with Gasteiger partial charge in [0.25, 0.3) is 0 Å². The van der Waals surface area contributed by atoms with Crippen molar-refractivity contribution in [3.05, 3.63) is 0 Å². The average Bonchev–Trinajstić information content (AvgIpc) is 2.48. The van der Waals surface area contributed by atoms with E-state index >= 15 is 0 Å². The summed E-state index contributed by atoms with van der Waals surface area (Å²) in [5.41, 5.74) is 0. The summed E-state index contributed by atoms with van der Waals surface area (Å²) in [6.45, 7) is 12.3. The van der Waals surface area contributed by atoms with Gasteiger partial charge in [-0.2, -0.15) is 0 Å². The third kappa shape index (κ3) is 7.18. The van der Waals surface area contributed by atoms with E-state index in [9.17, 15) is 4.80 Å². The van der Waals surface area contributed by atoms with Crippen LogP contribution in [0, 0.1) is 0 Å². The second-order valence-corrected chi connectivity index (χ2v) is 6.95. The first-order chi connectivity index (χ1) is 9.48. The standard InChI is InChI=1S/C15H34O4Si/c1-7-13(8-2)17-20(16,18-14(9-3)10-4)19-15(11-5)12-6/h13-16H,7-12H2,1-6H3. The van der Waals surface area contributed by atoms with Gasteiger partial charge in [-0.1, -0.05) is 41.5 Å². The fourth-order valence-corrected chi connectivity index (χ4v) is 4.51. The molecule has 0 aromatic rings. The third-order valence-corrected chi connectivity index (χ3v) is 5.57. The van der Waals surface area contributed by atoms with Crippen molar-refractivity contribution >= 4 is 9.05 Å². The highest BCUT2D eigenvalue weighted by Gasteiger charge is 2.46. The maximum atomic E-state index is 10.8. The lowest BCUT2D eigenvalue weighted by molar-refractivity contribution is -0.0756. The molecule has 0 fully saturated rings. The average molecular weight is 307 g/mol. The van der Waals surface area contributed by atoms with E-state index in [2.05, 4.69) is 41.5 Å². The Morgan fingerprint density at radius 3 is 0.950 bits per heavy atom. The molecule has 20 heavy (non-hydrogen) atoms. The van der Waals surface area contributed by atoms with Gasteiger partial charge in [0.15, 0.2) is 0 Å². The summed E-state index contributed by atoms with van der Waals surface area (Å²) >= 11 is 0. The Morgan fingerprint density at radius 1 is 0.600 bits per heavy atom. The van der Waals surface area contributed by atoms with Crippen LogP contribution in [0.1, 0.15) is 80.1 Å². The van der Waals surface area contributed by atoms with Crippen LogP contribution in [0.15, 0.2) is 0 Å². The maximum Gasteiger partial charge on any atom is 0.677 e. The molecule has 0 saturated carbocycles. The van der Waals surface area contributed by atoms with Crippen LogP contribution in [0.5, 0.6) is 0 Å². The molecule has 1 N–H and O–H groups in total. The molecule has 0 aliphatic heterocycles. The molecule has 0 aliphatic carbocycles. The molecular weight excluding hydrogens is 272 g/mol. The quantitative estimate of drug-likeness (QED) is 0.553. The summed E-state index contributed by atoms with van der Waals surface area (Å²) in [6, 6.07) is 0. The fourth-order valence-electron chi connectivity index (χ4n) is 2.08. The molecule has 0 rings (SSSR count). The van der Waals surface area contributed by atoms with E-state index in [4.69, 9.17) is 13.3 Å². The van der Waals surface area contributed by atoms with Crippen LogP contribution in [0.4, 0.5) is 0 Å². The normalized spacial score (nSPS) is 12.9. The van der Waals surface area contributed by atoms with Gasteiger partial charge in [0, 0.05) is 0 Å². The van der Waals surface area contributed by atoms with Crippen molar-refractivity contribution in [3.8, 4) is 0 Å². The van der Waals surface area contributed by atoms with Gasteiger partial charge >= 0.3 is 9.05 Å². The molecule has 0 heterocycles. The van der Waals surface area contributed by atoms with E-state index in [1.54, 1.807) is 0 Å². The minimum Gasteiger partial charge on any atom is -0.367 e. The largest absolute Gasteiger partial charge is 0.677 e. The number of hydrogen-bond acceptors (Lipinski definition) is 4. The van der Waals surface area contributed by atoms with Crippen LogP contribution in [0.2, 0.25) is 0 Å². The fraction of sp³-hybridized carbons (Fsp3) is 1.00. The lowest BCUT2D eigenvalue weighted by Crippen LogP contribution is -2.52. The van der Waals surface area contributed by atoms with E-state index < -0.39 is 9.05 Å². The maximum absolute atomic E-state index is 10.8. The van der Waals surface area contributed by atoms with Gasteiger partial charge in [-0.25, -0.2) is 0 Å². The highest BCUT2D eigenvalue weighted by molar-refractivity contribution is 6.52. The van der Waals surface area contributed by atoms with E-state index in [-0.39, 0.29) is 18.3 Å². The minimum absolute atomic E-state index is 0.00427. The van der Waals surface area contributed by atoms with Crippen LogP contribution in [-0.4, -0.2) is 32.2 Å². The zero-order valence-electron chi connectivity index (χ0n) is 14.1. The van der Waals surface area contributed by atoms with E-state index in [0.29, 0.717) is 0 Å². The SMILES string of the molecule is CCC(CC)O[Si](O)(OC(CC)CC)OC(CC)CC. The van der Waals surface area contributed by atoms with Gasteiger partial charge in [0.05, 0.1) is 18.3 Å². The molecule has 0 saturated heterocycles. The first-order valence-electron chi connectivity index (χ1n) is 8.24. The molecule has 0 atom stereocenters. The smallest absolute Gasteiger partial charge is 0.367 e. The predicted octanol–water partition coefficient (Wildman–Crippen LogP) is 4.03. The van der Waals surface area contributed by atoms with Crippen LogP contribution >= 0.6 is 0 Å². The lowest BCUT2D eigenvalue weighted by Gasteiger charge is -2.32. The number of hydrogen-bond donors (Lipinski definition) is 1. The Hall–Kier alpha value is 0.0569. The van der Waals surface area contributed by atoms with E-state index in [1.807, 2.05) is 0 Å². The second-order valence-electron chi connectivity index (χ2n) is 5.19. The summed E-state index contributed by atoms with van der Waals surface area (Å²) in [6.07, 6.45) is 5.10. The first-order valence-corrected chi connectivity index (χ1v) is 9.91. The lowest BCUT2D eigenvalue weighted by atomic mass is 10.2. The van der Waals surface area contributed by atoms with Gasteiger partial charge in [-0.05, 0) is 38.5 Å². The van der Waals surface area contributed by atoms with Crippen LogP contribution in [0.25, 0.3) is 0 Å². The van der Waals surface area contributed by atoms with Crippen molar-refractivity contribution in [2.24, 2.45) is 0 Å². The van der Waals surface area contributed by atoms with E-state index in [1.165, 1.54) is 0 Å². The monoisotopic (exact) mass is 306 g/mol.